The van der Waals surface area contributed by atoms with Crippen LogP contribution in [0.15, 0.2) is 29.2 Å². The van der Waals surface area contributed by atoms with E-state index in [0.29, 0.717) is 0 Å². The predicted molar refractivity (Wildman–Crippen MR) is 76.1 cm³/mol. The second-order valence-electron chi connectivity index (χ2n) is 4.39. The lowest BCUT2D eigenvalue weighted by atomic mass is 10.2. The van der Waals surface area contributed by atoms with Crippen LogP contribution in [0.2, 0.25) is 0 Å². The van der Waals surface area contributed by atoms with Crippen molar-refractivity contribution in [3.8, 4) is 6.07 Å². The molecule has 0 saturated heterocycles. The van der Waals surface area contributed by atoms with Crippen molar-refractivity contribution >= 4 is 17.4 Å². The van der Waals surface area contributed by atoms with Crippen molar-refractivity contribution in [1.29, 1.82) is 5.26 Å². The van der Waals surface area contributed by atoms with E-state index in [2.05, 4.69) is 11.4 Å². The van der Waals surface area contributed by atoms with Crippen molar-refractivity contribution in [3.05, 3.63) is 34.4 Å². The summed E-state index contributed by atoms with van der Waals surface area (Å²) in [6.45, 7) is 4.02. The second kappa shape index (κ2) is 7.77. The van der Waals surface area contributed by atoms with E-state index in [1.54, 1.807) is 23.9 Å². The molecule has 0 aromatic heterocycles. The van der Waals surface area contributed by atoms with E-state index in [-0.39, 0.29) is 17.8 Å². The number of hydrogen-bond acceptors (Lipinski definition) is 5. The first kappa shape index (κ1) is 15.5. The summed E-state index contributed by atoms with van der Waals surface area (Å²) in [5.41, 5.74) is 0.0979. The minimum Gasteiger partial charge on any atom is -0.300 e. The molecule has 0 fully saturated rings. The quantitative estimate of drug-likeness (QED) is 0.471. The van der Waals surface area contributed by atoms with E-state index < -0.39 is 4.92 Å². The van der Waals surface area contributed by atoms with Gasteiger partial charge in [-0.2, -0.15) is 5.26 Å². The van der Waals surface area contributed by atoms with Gasteiger partial charge in [-0.25, -0.2) is 0 Å². The van der Waals surface area contributed by atoms with Gasteiger partial charge in [0.05, 0.1) is 17.0 Å². The molecule has 0 bridgehead atoms. The van der Waals surface area contributed by atoms with Crippen LogP contribution in [0.3, 0.4) is 0 Å². The Kier molecular flexibility index (Phi) is 6.33. The molecule has 1 rings (SSSR count). The summed E-state index contributed by atoms with van der Waals surface area (Å²) in [6, 6.07) is 8.83. The maximum absolute atomic E-state index is 10.5. The highest BCUT2D eigenvalue weighted by molar-refractivity contribution is 7.99. The highest BCUT2D eigenvalue weighted by atomic mass is 32.2. The molecule has 5 nitrogen and oxygen atoms in total. The van der Waals surface area contributed by atoms with Gasteiger partial charge in [-0.05, 0) is 32.4 Å². The van der Waals surface area contributed by atoms with Crippen LogP contribution in [0, 0.1) is 21.4 Å². The minimum atomic E-state index is -0.410. The molecule has 0 saturated carbocycles. The zero-order chi connectivity index (χ0) is 14.3. The maximum atomic E-state index is 10.5. The smallest absolute Gasteiger partial charge is 0.269 e. The van der Waals surface area contributed by atoms with Crippen LogP contribution in [-0.2, 0) is 0 Å². The van der Waals surface area contributed by atoms with Crippen LogP contribution in [0.25, 0.3) is 0 Å². The van der Waals surface area contributed by atoms with Crippen molar-refractivity contribution in [1.82, 2.24) is 5.32 Å². The van der Waals surface area contributed by atoms with Gasteiger partial charge in [-0.15, -0.1) is 11.8 Å². The maximum Gasteiger partial charge on any atom is 0.269 e. The number of benzene rings is 1. The SMILES string of the molecule is CC(C)NC(C#N)CCSc1ccc([N+](=O)[O-])cc1. The van der Waals surface area contributed by atoms with Crippen LogP contribution < -0.4 is 5.32 Å². The van der Waals surface area contributed by atoms with Crippen molar-refractivity contribution in [2.24, 2.45) is 0 Å². The summed E-state index contributed by atoms with van der Waals surface area (Å²) >= 11 is 1.60. The Morgan fingerprint density at radius 3 is 2.53 bits per heavy atom. The standard InChI is InChI=1S/C13H17N3O2S/c1-10(2)15-11(9-14)7-8-19-13-5-3-12(4-6-13)16(17)18/h3-6,10-11,15H,7-8H2,1-2H3. The number of nitro groups is 1. The average Bonchev–Trinajstić information content (AvgIpc) is 2.37. The molecule has 0 aliphatic carbocycles. The Hall–Kier alpha value is -1.58. The van der Waals surface area contributed by atoms with Gasteiger partial charge in [0.1, 0.15) is 0 Å². The summed E-state index contributed by atoms with van der Waals surface area (Å²) in [5, 5.41) is 22.7. The van der Waals surface area contributed by atoms with Gasteiger partial charge in [-0.1, -0.05) is 0 Å². The molecule has 102 valence electrons. The summed E-state index contributed by atoms with van der Waals surface area (Å²) in [5.74, 6) is 0.801. The Bertz CT molecular complexity index is 454. The fourth-order valence-corrected chi connectivity index (χ4v) is 2.46. The van der Waals surface area contributed by atoms with E-state index in [1.807, 2.05) is 13.8 Å². The third-order valence-electron chi connectivity index (χ3n) is 2.41. The molecular weight excluding hydrogens is 262 g/mol. The van der Waals surface area contributed by atoms with Gasteiger partial charge in [0.2, 0.25) is 0 Å². The number of hydrogen-bond donors (Lipinski definition) is 1. The largest absolute Gasteiger partial charge is 0.300 e. The molecule has 0 spiro atoms. The molecule has 1 aromatic rings. The number of non-ortho nitro benzene ring substituents is 1. The number of thioether (sulfide) groups is 1. The van der Waals surface area contributed by atoms with E-state index in [9.17, 15) is 10.1 Å². The Morgan fingerprint density at radius 2 is 2.05 bits per heavy atom. The van der Waals surface area contributed by atoms with Crippen LogP contribution in [0.4, 0.5) is 5.69 Å². The number of rotatable bonds is 7. The zero-order valence-corrected chi connectivity index (χ0v) is 11.8. The molecule has 6 heteroatoms. The second-order valence-corrected chi connectivity index (χ2v) is 5.56. The summed E-state index contributed by atoms with van der Waals surface area (Å²) in [7, 11) is 0. The van der Waals surface area contributed by atoms with Gasteiger partial charge in [0.15, 0.2) is 0 Å². The predicted octanol–water partition coefficient (Wildman–Crippen LogP) is 2.97. The van der Waals surface area contributed by atoms with Crippen LogP contribution in [-0.4, -0.2) is 22.8 Å². The fourth-order valence-electron chi connectivity index (χ4n) is 1.55. The average molecular weight is 279 g/mol. The molecule has 1 unspecified atom stereocenters. The third kappa shape index (κ3) is 5.73. The summed E-state index contributed by atoms with van der Waals surface area (Å²) < 4.78 is 0. The van der Waals surface area contributed by atoms with E-state index in [1.165, 1.54) is 12.1 Å². The lowest BCUT2D eigenvalue weighted by Crippen LogP contribution is -2.33. The number of nitrogens with one attached hydrogen (secondary N) is 1. The Balaban J connectivity index is 2.40. The van der Waals surface area contributed by atoms with Crippen molar-refractivity contribution in [2.45, 2.75) is 37.2 Å². The van der Waals surface area contributed by atoms with Gasteiger partial charge in [0.25, 0.3) is 5.69 Å². The van der Waals surface area contributed by atoms with E-state index >= 15 is 0 Å². The van der Waals surface area contributed by atoms with E-state index in [4.69, 9.17) is 5.26 Å². The Labute approximate surface area is 117 Å². The third-order valence-corrected chi connectivity index (χ3v) is 3.46. The number of nitrogens with zero attached hydrogens (tertiary/aromatic N) is 2. The first-order valence-corrected chi connectivity index (χ1v) is 7.04. The lowest BCUT2D eigenvalue weighted by Gasteiger charge is -2.13. The van der Waals surface area contributed by atoms with Crippen LogP contribution in [0.5, 0.6) is 0 Å². The zero-order valence-electron chi connectivity index (χ0n) is 11.0. The van der Waals surface area contributed by atoms with Gasteiger partial charge in [-0.3, -0.25) is 15.4 Å². The van der Waals surface area contributed by atoms with Crippen LogP contribution >= 0.6 is 11.8 Å². The van der Waals surface area contributed by atoms with Gasteiger partial charge < -0.3 is 0 Å². The normalized spacial score (nSPS) is 12.1. The molecule has 0 aliphatic rings. The molecule has 0 aliphatic heterocycles. The highest BCUT2D eigenvalue weighted by Gasteiger charge is 2.09. The molecule has 0 amide bonds. The van der Waals surface area contributed by atoms with E-state index in [0.717, 1.165) is 17.1 Å². The lowest BCUT2D eigenvalue weighted by molar-refractivity contribution is -0.384. The fraction of sp³-hybridized carbons (Fsp3) is 0.462. The molecule has 1 N–H and O–H groups in total. The van der Waals surface area contributed by atoms with Crippen molar-refractivity contribution < 1.29 is 4.92 Å². The highest BCUT2D eigenvalue weighted by Crippen LogP contribution is 2.22. The topological polar surface area (TPSA) is 79.0 Å². The summed E-state index contributed by atoms with van der Waals surface area (Å²) in [6.07, 6.45) is 0.746. The molecule has 0 radical (unpaired) electrons. The van der Waals surface area contributed by atoms with Gasteiger partial charge >= 0.3 is 0 Å². The molecular formula is C13H17N3O2S. The minimum absolute atomic E-state index is 0.0979. The van der Waals surface area contributed by atoms with Gasteiger partial charge in [0, 0.05) is 28.8 Å². The molecule has 1 aromatic carbocycles. The monoisotopic (exact) mass is 279 g/mol. The number of nitro benzene ring substituents is 1. The van der Waals surface area contributed by atoms with Crippen molar-refractivity contribution in [3.63, 3.8) is 0 Å². The molecule has 1 atom stereocenters. The molecule has 0 heterocycles. The summed E-state index contributed by atoms with van der Waals surface area (Å²) in [4.78, 5) is 11.1. The van der Waals surface area contributed by atoms with Crippen LogP contribution in [0.1, 0.15) is 20.3 Å². The molecule has 19 heavy (non-hydrogen) atoms. The number of nitriles is 1. The first-order chi connectivity index (χ1) is 9.02. The van der Waals surface area contributed by atoms with Crippen molar-refractivity contribution in [2.75, 3.05) is 5.75 Å². The first-order valence-electron chi connectivity index (χ1n) is 6.06. The Morgan fingerprint density at radius 1 is 1.42 bits per heavy atom.